The third kappa shape index (κ3) is 8.10. The Balaban J connectivity index is 0.000000587. The number of alkyl halides is 4. The van der Waals surface area contributed by atoms with Crippen molar-refractivity contribution in [3.63, 3.8) is 0 Å². The number of likely N-dealkylation sites (tertiary alicyclic amines) is 1. The van der Waals surface area contributed by atoms with E-state index in [-0.39, 0.29) is 12.5 Å². The van der Waals surface area contributed by atoms with Gasteiger partial charge in [0.15, 0.2) is 12.4 Å². The van der Waals surface area contributed by atoms with Crippen LogP contribution < -0.4 is 15.4 Å². The van der Waals surface area contributed by atoms with Crippen LogP contribution in [0, 0.1) is 0 Å². The Morgan fingerprint density at radius 1 is 1.00 bits per heavy atom. The number of hydrogen-bond acceptors (Lipinski definition) is 5. The van der Waals surface area contributed by atoms with Crippen molar-refractivity contribution < 1.29 is 41.6 Å². The molecule has 0 saturated carbocycles. The number of likely N-dealkylation sites (N-methyl/N-ethyl adjacent to an activating group) is 1. The van der Waals surface area contributed by atoms with E-state index in [1.165, 1.54) is 9.80 Å². The van der Waals surface area contributed by atoms with E-state index in [4.69, 9.17) is 15.6 Å². The molecule has 1 aromatic heterocycles. The van der Waals surface area contributed by atoms with Crippen molar-refractivity contribution in [3.8, 4) is 16.8 Å². The second-order valence-electron chi connectivity index (χ2n) is 9.65. The molecule has 0 spiro atoms. The van der Waals surface area contributed by atoms with Crippen molar-refractivity contribution in [1.29, 1.82) is 0 Å². The Hall–Kier alpha value is -4.32. The zero-order valence-corrected chi connectivity index (χ0v) is 22.4. The van der Waals surface area contributed by atoms with E-state index in [1.807, 2.05) is 77.6 Å². The van der Waals surface area contributed by atoms with E-state index in [1.54, 1.807) is 14.1 Å². The van der Waals surface area contributed by atoms with E-state index in [9.17, 15) is 27.2 Å². The number of benzene rings is 2. The predicted octanol–water partition coefficient (Wildman–Crippen LogP) is 2.00. The minimum absolute atomic E-state index is 0.0319. The summed E-state index contributed by atoms with van der Waals surface area (Å²) in [5.74, 6) is -4.50. The molecule has 3 atom stereocenters. The van der Waals surface area contributed by atoms with Gasteiger partial charge < -0.3 is 25.4 Å². The van der Waals surface area contributed by atoms with Crippen molar-refractivity contribution in [2.45, 2.75) is 30.7 Å². The van der Waals surface area contributed by atoms with Gasteiger partial charge in [0.2, 0.25) is 17.5 Å². The van der Waals surface area contributed by atoms with E-state index in [0.29, 0.717) is 18.5 Å². The maximum Gasteiger partial charge on any atom is 0.430 e. The number of carbonyl (C=O) groups is 3. The molecule has 0 unspecified atom stereocenters. The number of carbonyl (C=O) groups excluding carboxylic acids is 3. The molecule has 1 aliphatic heterocycles. The van der Waals surface area contributed by atoms with Gasteiger partial charge in [-0.3, -0.25) is 9.59 Å². The topological polar surface area (TPSA) is 111 Å². The number of nitrogens with two attached hydrogens (primary N) is 1. The van der Waals surface area contributed by atoms with Gasteiger partial charge in [-0.2, -0.15) is 17.7 Å². The number of aliphatic carboxylic acids is 1. The van der Waals surface area contributed by atoms with Crippen LogP contribution in [0.1, 0.15) is 17.9 Å². The molecule has 2 aromatic carbocycles. The first-order chi connectivity index (χ1) is 19.3. The van der Waals surface area contributed by atoms with Gasteiger partial charge in [-0.05, 0) is 23.1 Å². The molecule has 0 bridgehead atoms. The number of pyridine rings is 1. The number of carboxylic acids is 1. The van der Waals surface area contributed by atoms with Crippen LogP contribution in [0.25, 0.3) is 16.8 Å². The first kappa shape index (κ1) is 31.2. The van der Waals surface area contributed by atoms with Crippen LogP contribution in [0.3, 0.4) is 0 Å². The van der Waals surface area contributed by atoms with Crippen LogP contribution in [-0.4, -0.2) is 73.2 Å². The number of amides is 2. The van der Waals surface area contributed by atoms with Crippen LogP contribution in [0.5, 0.6) is 0 Å². The lowest BCUT2D eigenvalue weighted by Crippen LogP contribution is -2.50. The number of carboxylic acid groups (broad SMARTS) is 1. The zero-order chi connectivity index (χ0) is 30.3. The highest BCUT2D eigenvalue weighted by molar-refractivity contribution is 5.93. The summed E-state index contributed by atoms with van der Waals surface area (Å²) in [5, 5.41) is 8.78. The summed E-state index contributed by atoms with van der Waals surface area (Å²) in [4.78, 5) is 37.6. The number of aromatic nitrogens is 1. The second kappa shape index (κ2) is 13.4. The summed E-state index contributed by atoms with van der Waals surface area (Å²) in [6.45, 7) is 0.357. The predicted molar refractivity (Wildman–Crippen MR) is 140 cm³/mol. The summed E-state index contributed by atoms with van der Waals surface area (Å²) in [6, 6.07) is 20.6. The molecule has 4 rings (SSSR count). The van der Waals surface area contributed by atoms with Gasteiger partial charge in [-0.1, -0.05) is 42.5 Å². The number of nitrogens with zero attached hydrogens (tertiary/aromatic N) is 3. The molecule has 2 N–H and O–H groups in total. The molecule has 8 nitrogen and oxygen atoms in total. The van der Waals surface area contributed by atoms with Gasteiger partial charge in [0.1, 0.15) is 18.2 Å². The third-order valence-corrected chi connectivity index (χ3v) is 6.49. The Labute approximate surface area is 234 Å². The maximum atomic E-state index is 13.6. The van der Waals surface area contributed by atoms with Crippen molar-refractivity contribution in [3.05, 3.63) is 84.7 Å². The van der Waals surface area contributed by atoms with Crippen LogP contribution in [0.15, 0.2) is 79.1 Å². The highest BCUT2D eigenvalue weighted by Gasteiger charge is 2.38. The molecular weight excluding hydrogens is 544 g/mol. The van der Waals surface area contributed by atoms with Gasteiger partial charge in [0.25, 0.3) is 0 Å². The quantitative estimate of drug-likeness (QED) is 0.358. The highest BCUT2D eigenvalue weighted by atomic mass is 19.4. The summed E-state index contributed by atoms with van der Waals surface area (Å²) in [6.07, 6.45) is -1.95. The Kier molecular flexibility index (Phi) is 10.2. The van der Waals surface area contributed by atoms with Crippen molar-refractivity contribution in [1.82, 2.24) is 9.80 Å². The Morgan fingerprint density at radius 3 is 2.12 bits per heavy atom. The first-order valence-electron chi connectivity index (χ1n) is 12.6. The molecular formula is C29H30F4N4O4. The molecule has 41 heavy (non-hydrogen) atoms. The zero-order valence-electron chi connectivity index (χ0n) is 22.4. The van der Waals surface area contributed by atoms with Gasteiger partial charge >= 0.3 is 6.18 Å². The fraction of sp³-hybridized carbons (Fsp3) is 0.310. The van der Waals surface area contributed by atoms with Crippen molar-refractivity contribution in [2.24, 2.45) is 5.73 Å². The van der Waals surface area contributed by atoms with Crippen LogP contribution >= 0.6 is 0 Å². The van der Waals surface area contributed by atoms with E-state index in [0.717, 1.165) is 16.8 Å². The standard InChI is InChI=1S/C27H30FN4O2.C2HF3O2/c1-30(2)26(33)24(25(29)27(34)32-16-13-22(28)18-32)20-11-9-19(10-12-20)21-7-6-8-23(17-21)31-14-4-3-5-15-31;3-2(4,5)1(6)7/h3-12,14-15,17,22,24-25H,13,16,18,29H2,1-2H3;(H,6,7)/q+1;/p-1/t22-,24-,25-;/m0./s1. The van der Waals surface area contributed by atoms with Gasteiger partial charge in [-0.15, -0.1) is 0 Å². The fourth-order valence-electron chi connectivity index (χ4n) is 4.35. The molecule has 2 heterocycles. The van der Waals surface area contributed by atoms with Crippen molar-refractivity contribution >= 4 is 17.8 Å². The monoisotopic (exact) mass is 574 g/mol. The van der Waals surface area contributed by atoms with E-state index >= 15 is 0 Å². The fourth-order valence-corrected chi connectivity index (χ4v) is 4.35. The first-order valence-corrected chi connectivity index (χ1v) is 12.6. The number of halogens is 4. The van der Waals surface area contributed by atoms with Gasteiger partial charge in [0.05, 0.1) is 12.5 Å². The molecule has 0 radical (unpaired) electrons. The van der Waals surface area contributed by atoms with Gasteiger partial charge in [-0.25, -0.2) is 4.39 Å². The molecule has 0 aliphatic carbocycles. The average Bonchev–Trinajstić information content (AvgIpc) is 3.39. The Morgan fingerprint density at radius 2 is 1.61 bits per heavy atom. The summed E-state index contributed by atoms with van der Waals surface area (Å²) in [7, 11) is 3.28. The summed E-state index contributed by atoms with van der Waals surface area (Å²) in [5.41, 5.74) is 10.0. The molecule has 1 saturated heterocycles. The number of hydrogen-bond donors (Lipinski definition) is 1. The summed E-state index contributed by atoms with van der Waals surface area (Å²) < 4.78 is 47.2. The molecule has 2 amide bonds. The van der Waals surface area contributed by atoms with Crippen LogP contribution in [0.2, 0.25) is 0 Å². The molecule has 1 aliphatic rings. The molecule has 3 aromatic rings. The summed E-state index contributed by atoms with van der Waals surface area (Å²) >= 11 is 0. The SMILES string of the molecule is CN(C)C(=O)[C@@H](c1ccc(-c2cccc(-[n+]3ccccc3)c2)cc1)[C@H](N)C(=O)N1CC[C@H](F)C1.O=C([O-])C(F)(F)F. The smallest absolute Gasteiger partial charge is 0.430 e. The lowest BCUT2D eigenvalue weighted by molar-refractivity contribution is -0.595. The lowest BCUT2D eigenvalue weighted by Gasteiger charge is -2.28. The maximum absolute atomic E-state index is 13.6. The normalized spacial score (nSPS) is 16.3. The van der Waals surface area contributed by atoms with Crippen LogP contribution in [0.4, 0.5) is 17.6 Å². The molecule has 12 heteroatoms. The third-order valence-electron chi connectivity index (χ3n) is 6.49. The molecule has 218 valence electrons. The van der Waals surface area contributed by atoms with E-state index < -0.39 is 36.2 Å². The molecule has 1 fully saturated rings. The minimum Gasteiger partial charge on any atom is -0.542 e. The lowest BCUT2D eigenvalue weighted by atomic mass is 9.88. The van der Waals surface area contributed by atoms with Gasteiger partial charge in [0, 0.05) is 44.9 Å². The minimum atomic E-state index is -5.19. The Bertz CT molecular complexity index is 1350. The number of rotatable bonds is 6. The van der Waals surface area contributed by atoms with E-state index in [2.05, 4.69) is 6.07 Å². The second-order valence-corrected chi connectivity index (χ2v) is 9.65. The van der Waals surface area contributed by atoms with Crippen LogP contribution in [-0.2, 0) is 14.4 Å². The average molecular weight is 575 g/mol. The largest absolute Gasteiger partial charge is 0.542 e. The van der Waals surface area contributed by atoms with Crippen molar-refractivity contribution in [2.75, 3.05) is 27.2 Å². The highest BCUT2D eigenvalue weighted by Crippen LogP contribution is 2.28.